The number of alkyl halides is 1. The zero-order valence-corrected chi connectivity index (χ0v) is 25.6. The quantitative estimate of drug-likeness (QED) is 0.325. The van der Waals surface area contributed by atoms with Crippen molar-refractivity contribution in [2.24, 2.45) is 17.3 Å². The number of halogens is 1. The van der Waals surface area contributed by atoms with Gasteiger partial charge in [-0.15, -0.1) is 11.8 Å². The van der Waals surface area contributed by atoms with Crippen molar-refractivity contribution < 1.29 is 24.2 Å². The molecule has 4 rings (SSSR count). The number of hydrogen-bond donors (Lipinski definition) is 2. The van der Waals surface area contributed by atoms with E-state index in [2.05, 4.69) is 42.0 Å². The maximum atomic E-state index is 14.3. The molecule has 0 aliphatic carbocycles. The SMILES string of the molecule is CCOC(=O)[C@H]1[C@H]2C(=O)N([C@@H](CO)Cc3ccccc3)C(C(=O)NC(C)(C)CC(C)(C)C)C23CC(Br)[C@@H]1S3. The van der Waals surface area contributed by atoms with Crippen molar-refractivity contribution in [1.29, 1.82) is 0 Å². The molecular weight excluding hydrogens is 568 g/mol. The second kappa shape index (κ2) is 10.8. The number of benzene rings is 1. The number of amides is 2. The summed E-state index contributed by atoms with van der Waals surface area (Å²) in [7, 11) is 0. The summed E-state index contributed by atoms with van der Waals surface area (Å²) in [6.07, 6.45) is 1.75. The van der Waals surface area contributed by atoms with Crippen molar-refractivity contribution in [3.8, 4) is 0 Å². The topological polar surface area (TPSA) is 95.9 Å². The molecule has 3 fully saturated rings. The van der Waals surface area contributed by atoms with E-state index in [0.717, 1.165) is 12.0 Å². The molecule has 7 atom stereocenters. The molecule has 210 valence electrons. The van der Waals surface area contributed by atoms with Gasteiger partial charge in [-0.1, -0.05) is 67.0 Å². The lowest BCUT2D eigenvalue weighted by atomic mass is 9.71. The van der Waals surface area contributed by atoms with Gasteiger partial charge in [-0.25, -0.2) is 0 Å². The molecule has 0 radical (unpaired) electrons. The van der Waals surface area contributed by atoms with Gasteiger partial charge in [-0.3, -0.25) is 14.4 Å². The van der Waals surface area contributed by atoms with E-state index in [4.69, 9.17) is 4.74 Å². The van der Waals surface area contributed by atoms with Crippen molar-refractivity contribution in [3.05, 3.63) is 35.9 Å². The minimum absolute atomic E-state index is 0.0136. The second-order valence-corrected chi connectivity index (χ2v) is 15.5. The Morgan fingerprint density at radius 3 is 2.47 bits per heavy atom. The van der Waals surface area contributed by atoms with Crippen LogP contribution >= 0.6 is 27.7 Å². The van der Waals surface area contributed by atoms with Gasteiger partial charge < -0.3 is 20.1 Å². The van der Waals surface area contributed by atoms with E-state index in [1.165, 1.54) is 0 Å². The first-order valence-electron chi connectivity index (χ1n) is 13.5. The molecule has 3 aliphatic rings. The number of fused-ring (bicyclic) bond motifs is 1. The van der Waals surface area contributed by atoms with Crippen molar-refractivity contribution in [1.82, 2.24) is 10.2 Å². The highest BCUT2D eigenvalue weighted by Crippen LogP contribution is 2.68. The number of ether oxygens (including phenoxy) is 1. The lowest BCUT2D eigenvalue weighted by Crippen LogP contribution is -2.60. The lowest BCUT2D eigenvalue weighted by molar-refractivity contribution is -0.154. The molecule has 1 spiro atoms. The number of aliphatic hydroxyl groups is 1. The zero-order chi connectivity index (χ0) is 28.0. The van der Waals surface area contributed by atoms with Crippen LogP contribution in [0.3, 0.4) is 0 Å². The van der Waals surface area contributed by atoms with E-state index >= 15 is 0 Å². The molecule has 1 aromatic carbocycles. The highest BCUT2D eigenvalue weighted by Gasteiger charge is 2.76. The third-order valence-electron chi connectivity index (χ3n) is 7.89. The summed E-state index contributed by atoms with van der Waals surface area (Å²) in [6.45, 7) is 12.1. The van der Waals surface area contributed by atoms with Gasteiger partial charge in [0, 0.05) is 15.6 Å². The number of thioether (sulfide) groups is 1. The Morgan fingerprint density at radius 1 is 1.24 bits per heavy atom. The van der Waals surface area contributed by atoms with Gasteiger partial charge in [0.1, 0.15) is 6.04 Å². The number of aliphatic hydroxyl groups excluding tert-OH is 1. The van der Waals surface area contributed by atoms with Crippen LogP contribution in [0.1, 0.15) is 59.9 Å². The van der Waals surface area contributed by atoms with Crippen LogP contribution < -0.4 is 5.32 Å². The number of hydrogen-bond acceptors (Lipinski definition) is 6. The Labute approximate surface area is 239 Å². The first kappa shape index (κ1) is 29.4. The van der Waals surface area contributed by atoms with Gasteiger partial charge in [0.05, 0.1) is 35.8 Å². The number of nitrogens with one attached hydrogen (secondary N) is 1. The first-order valence-corrected chi connectivity index (χ1v) is 15.3. The van der Waals surface area contributed by atoms with Gasteiger partial charge in [0.15, 0.2) is 0 Å². The summed E-state index contributed by atoms with van der Waals surface area (Å²) < 4.78 is 4.66. The van der Waals surface area contributed by atoms with E-state index in [9.17, 15) is 19.5 Å². The Bertz CT molecular complexity index is 1060. The summed E-state index contributed by atoms with van der Waals surface area (Å²) in [6, 6.07) is 8.28. The third-order valence-corrected chi connectivity index (χ3v) is 11.1. The van der Waals surface area contributed by atoms with Crippen LogP contribution in [-0.4, -0.2) is 73.5 Å². The number of carbonyl (C=O) groups is 3. The summed E-state index contributed by atoms with van der Waals surface area (Å²) in [5.74, 6) is -2.14. The van der Waals surface area contributed by atoms with Gasteiger partial charge in [-0.05, 0) is 51.0 Å². The van der Waals surface area contributed by atoms with Crippen LogP contribution in [0.25, 0.3) is 0 Å². The van der Waals surface area contributed by atoms with Gasteiger partial charge in [0.2, 0.25) is 11.8 Å². The Kier molecular flexibility index (Phi) is 8.33. The average Bonchev–Trinajstić information content (AvgIpc) is 3.39. The standard InChI is InChI=1S/C29H41BrN2O5S/c1-7-37-26(36)20-21-25(35)32(18(15-33)13-17-11-9-8-10-12-17)23(29(21)14-19(30)22(20)38-29)24(34)31-28(5,6)16-27(2,3)4/h8-12,18-23,33H,7,13-16H2,1-6H3,(H,31,34)/t18-,19?,20+,21+,22+,23?,29?/m1/s1. The van der Waals surface area contributed by atoms with E-state index in [1.54, 1.807) is 23.6 Å². The summed E-state index contributed by atoms with van der Waals surface area (Å²) in [4.78, 5) is 43.4. The zero-order valence-electron chi connectivity index (χ0n) is 23.2. The van der Waals surface area contributed by atoms with Gasteiger partial charge in [-0.2, -0.15) is 0 Å². The molecule has 2 amide bonds. The number of esters is 1. The normalized spacial score (nSPS) is 31.3. The third kappa shape index (κ3) is 5.39. The van der Waals surface area contributed by atoms with Crippen LogP contribution in [-0.2, 0) is 25.5 Å². The molecule has 38 heavy (non-hydrogen) atoms. The van der Waals surface area contributed by atoms with Crippen molar-refractivity contribution in [2.75, 3.05) is 13.2 Å². The smallest absolute Gasteiger partial charge is 0.310 e. The van der Waals surface area contributed by atoms with E-state index in [1.807, 2.05) is 44.2 Å². The molecule has 3 saturated heterocycles. The van der Waals surface area contributed by atoms with Gasteiger partial charge >= 0.3 is 5.97 Å². The molecule has 3 aliphatic heterocycles. The average molecular weight is 610 g/mol. The molecule has 3 unspecified atom stereocenters. The largest absolute Gasteiger partial charge is 0.466 e. The van der Waals surface area contributed by atoms with E-state index in [-0.39, 0.29) is 46.5 Å². The van der Waals surface area contributed by atoms with Crippen molar-refractivity contribution in [3.63, 3.8) is 0 Å². The maximum absolute atomic E-state index is 14.3. The number of likely N-dealkylation sites (tertiary alicyclic amines) is 1. The van der Waals surface area contributed by atoms with Crippen LogP contribution in [0, 0.1) is 17.3 Å². The first-order chi connectivity index (χ1) is 17.7. The van der Waals surface area contributed by atoms with E-state index in [0.29, 0.717) is 12.8 Å². The number of nitrogens with zero attached hydrogens (tertiary/aromatic N) is 1. The van der Waals surface area contributed by atoms with E-state index < -0.39 is 34.2 Å². The van der Waals surface area contributed by atoms with Crippen LogP contribution in [0.2, 0.25) is 0 Å². The van der Waals surface area contributed by atoms with Crippen molar-refractivity contribution >= 4 is 45.5 Å². The highest BCUT2D eigenvalue weighted by atomic mass is 79.9. The minimum atomic E-state index is -0.811. The molecule has 9 heteroatoms. The Hall–Kier alpha value is -1.58. The molecule has 2 N–H and O–H groups in total. The fourth-order valence-electron chi connectivity index (χ4n) is 7.18. The predicted molar refractivity (Wildman–Crippen MR) is 153 cm³/mol. The molecule has 7 nitrogen and oxygen atoms in total. The summed E-state index contributed by atoms with van der Waals surface area (Å²) in [5.41, 5.74) is 0.446. The fourth-order valence-corrected chi connectivity index (χ4v) is 10.8. The predicted octanol–water partition coefficient (Wildman–Crippen LogP) is 3.95. The number of rotatable bonds is 9. The Morgan fingerprint density at radius 2 is 1.89 bits per heavy atom. The molecule has 0 saturated carbocycles. The fraction of sp³-hybridized carbons (Fsp3) is 0.690. The summed E-state index contributed by atoms with van der Waals surface area (Å²) in [5, 5.41) is 13.7. The molecule has 3 heterocycles. The molecule has 1 aromatic rings. The molecule has 0 aromatic heterocycles. The van der Waals surface area contributed by atoms with Crippen LogP contribution in [0.4, 0.5) is 0 Å². The van der Waals surface area contributed by atoms with Crippen molar-refractivity contribution in [2.45, 2.75) is 93.3 Å². The highest BCUT2D eigenvalue weighted by molar-refractivity contribution is 9.09. The maximum Gasteiger partial charge on any atom is 0.310 e. The number of carbonyl (C=O) groups excluding carboxylic acids is 3. The van der Waals surface area contributed by atoms with Gasteiger partial charge in [0.25, 0.3) is 0 Å². The monoisotopic (exact) mass is 608 g/mol. The van der Waals surface area contributed by atoms with Crippen LogP contribution in [0.5, 0.6) is 0 Å². The Balaban J connectivity index is 1.76. The lowest BCUT2D eigenvalue weighted by Gasteiger charge is -2.40. The van der Waals surface area contributed by atoms with Crippen LogP contribution in [0.15, 0.2) is 30.3 Å². The molecule has 2 bridgehead atoms. The second-order valence-electron chi connectivity index (χ2n) is 12.8. The summed E-state index contributed by atoms with van der Waals surface area (Å²) >= 11 is 5.36. The minimum Gasteiger partial charge on any atom is -0.466 e. The molecular formula is C29H41BrN2O5S.